The molecule has 6 nitrogen and oxygen atoms in total. The molecule has 7 heteroatoms. The molecule has 106 valence electrons. The topological polar surface area (TPSA) is 81.4 Å². The number of ether oxygens (including phenoxy) is 1. The highest BCUT2D eigenvalue weighted by Gasteiger charge is 2.10. The van der Waals surface area contributed by atoms with Crippen molar-refractivity contribution >= 4 is 23.6 Å². The first-order valence-corrected chi connectivity index (χ1v) is 7.11. The zero-order valence-electron chi connectivity index (χ0n) is 11.3. The van der Waals surface area contributed by atoms with Crippen LogP contribution in [0.5, 0.6) is 0 Å². The van der Waals surface area contributed by atoms with Crippen molar-refractivity contribution in [1.29, 1.82) is 0 Å². The molecule has 0 radical (unpaired) electrons. The number of nitrogens with one attached hydrogen (secondary N) is 1. The number of nitrogens with zero attached hydrogens (tertiary/aromatic N) is 1. The molecule has 1 rings (SSSR count). The van der Waals surface area contributed by atoms with Crippen molar-refractivity contribution in [2.24, 2.45) is 0 Å². The molecule has 0 spiro atoms. The smallest absolute Gasteiger partial charge is 0.325 e. The van der Waals surface area contributed by atoms with Gasteiger partial charge in [-0.25, -0.2) is 0 Å². The molecule has 1 amide bonds. The third-order valence-corrected chi connectivity index (χ3v) is 3.36. The van der Waals surface area contributed by atoms with E-state index in [-0.39, 0.29) is 18.2 Å². The molecule has 0 fully saturated rings. The van der Waals surface area contributed by atoms with E-state index in [0.29, 0.717) is 12.4 Å². The summed E-state index contributed by atoms with van der Waals surface area (Å²) in [7, 11) is 0. The van der Waals surface area contributed by atoms with Crippen LogP contribution in [-0.4, -0.2) is 35.9 Å². The lowest BCUT2D eigenvalue weighted by Gasteiger charge is -2.04. The van der Waals surface area contributed by atoms with Crippen LogP contribution >= 0.6 is 11.8 Å². The predicted octanol–water partition coefficient (Wildman–Crippen LogP) is 1.20. The van der Waals surface area contributed by atoms with Gasteiger partial charge in [0.25, 0.3) is 0 Å². The average molecular weight is 286 g/mol. The number of carbonyl (C=O) groups excluding carboxylic acids is 2. The number of hydrogen-bond donors (Lipinski definition) is 1. The Hall–Kier alpha value is -1.50. The summed E-state index contributed by atoms with van der Waals surface area (Å²) < 4.78 is 9.74. The third kappa shape index (κ3) is 5.34. The molecule has 0 aromatic carbocycles. The van der Waals surface area contributed by atoms with Crippen LogP contribution in [-0.2, 0) is 20.1 Å². The molecule has 0 aliphatic heterocycles. The third-order valence-electron chi connectivity index (χ3n) is 2.40. The second-order valence-corrected chi connectivity index (χ2v) is 4.86. The number of rotatable bonds is 7. The van der Waals surface area contributed by atoms with E-state index in [0.717, 1.165) is 17.0 Å². The minimum atomic E-state index is -0.424. The Labute approximate surface area is 116 Å². The van der Waals surface area contributed by atoms with Crippen LogP contribution in [0.4, 0.5) is 0 Å². The van der Waals surface area contributed by atoms with Crippen LogP contribution in [0, 0.1) is 13.8 Å². The largest absolute Gasteiger partial charge is 0.465 e. The van der Waals surface area contributed by atoms with Crippen LogP contribution in [0.2, 0.25) is 0 Å². The first-order chi connectivity index (χ1) is 9.04. The normalized spacial score (nSPS) is 10.3. The molecule has 0 aliphatic rings. The van der Waals surface area contributed by atoms with E-state index >= 15 is 0 Å². The predicted molar refractivity (Wildman–Crippen MR) is 71.8 cm³/mol. The van der Waals surface area contributed by atoms with Crippen molar-refractivity contribution in [2.75, 3.05) is 18.9 Å². The van der Waals surface area contributed by atoms with Gasteiger partial charge >= 0.3 is 5.97 Å². The average Bonchev–Trinajstić information content (AvgIpc) is 2.68. The van der Waals surface area contributed by atoms with Gasteiger partial charge in [-0.1, -0.05) is 5.16 Å². The molecular formula is C12H18N2O4S. The maximum atomic E-state index is 11.5. The van der Waals surface area contributed by atoms with Crippen molar-refractivity contribution < 1.29 is 18.8 Å². The highest BCUT2D eigenvalue weighted by molar-refractivity contribution is 7.99. The van der Waals surface area contributed by atoms with Crippen molar-refractivity contribution in [3.8, 4) is 0 Å². The molecule has 1 heterocycles. The van der Waals surface area contributed by atoms with E-state index in [1.54, 1.807) is 6.92 Å². The minimum Gasteiger partial charge on any atom is -0.465 e. The Balaban J connectivity index is 2.22. The number of aryl methyl sites for hydroxylation is 2. The SMILES string of the molecule is CCOC(=O)CNC(=O)CSCc1c(C)noc1C. The molecule has 0 atom stereocenters. The zero-order valence-corrected chi connectivity index (χ0v) is 12.1. The lowest BCUT2D eigenvalue weighted by molar-refractivity contribution is -0.143. The van der Waals surface area contributed by atoms with E-state index in [1.807, 2.05) is 13.8 Å². The lowest BCUT2D eigenvalue weighted by Crippen LogP contribution is -2.31. The van der Waals surface area contributed by atoms with Crippen molar-refractivity contribution in [1.82, 2.24) is 10.5 Å². The summed E-state index contributed by atoms with van der Waals surface area (Å²) in [6.07, 6.45) is 0. The fourth-order valence-electron chi connectivity index (χ4n) is 1.39. The van der Waals surface area contributed by atoms with Crippen LogP contribution in [0.1, 0.15) is 23.9 Å². The summed E-state index contributed by atoms with van der Waals surface area (Å²) in [5, 5.41) is 6.35. The quantitative estimate of drug-likeness (QED) is 0.759. The Morgan fingerprint density at radius 1 is 1.42 bits per heavy atom. The van der Waals surface area contributed by atoms with Crippen molar-refractivity contribution in [3.05, 3.63) is 17.0 Å². The number of carbonyl (C=O) groups is 2. The number of aromatic nitrogens is 1. The number of amides is 1. The second kappa shape index (κ2) is 7.83. The first kappa shape index (κ1) is 15.6. The maximum absolute atomic E-state index is 11.5. The first-order valence-electron chi connectivity index (χ1n) is 5.96. The van der Waals surface area contributed by atoms with Gasteiger partial charge in [-0.05, 0) is 20.8 Å². The number of hydrogen-bond acceptors (Lipinski definition) is 6. The Kier molecular flexibility index (Phi) is 6.41. The summed E-state index contributed by atoms with van der Waals surface area (Å²) >= 11 is 1.45. The molecule has 0 unspecified atom stereocenters. The fraction of sp³-hybridized carbons (Fsp3) is 0.583. The summed E-state index contributed by atoms with van der Waals surface area (Å²) in [6.45, 7) is 5.66. The molecule has 1 aromatic heterocycles. The Morgan fingerprint density at radius 3 is 2.74 bits per heavy atom. The van der Waals surface area contributed by atoms with Gasteiger partial charge < -0.3 is 14.6 Å². The summed E-state index contributed by atoms with van der Waals surface area (Å²) in [6, 6.07) is 0. The van der Waals surface area contributed by atoms with Gasteiger partial charge in [-0.15, -0.1) is 11.8 Å². The lowest BCUT2D eigenvalue weighted by atomic mass is 10.2. The van der Waals surface area contributed by atoms with Gasteiger partial charge in [0.2, 0.25) is 5.91 Å². The van der Waals surface area contributed by atoms with Crippen LogP contribution in [0.15, 0.2) is 4.52 Å². The molecule has 0 saturated carbocycles. The van der Waals surface area contributed by atoms with Crippen LogP contribution in [0.25, 0.3) is 0 Å². The number of thioether (sulfide) groups is 1. The maximum Gasteiger partial charge on any atom is 0.325 e. The van der Waals surface area contributed by atoms with E-state index < -0.39 is 5.97 Å². The second-order valence-electron chi connectivity index (χ2n) is 3.88. The standard InChI is InChI=1S/C12H18N2O4S/c1-4-17-12(16)5-13-11(15)7-19-6-10-8(2)14-18-9(10)3/h4-7H2,1-3H3,(H,13,15). The van der Waals surface area contributed by atoms with E-state index in [1.165, 1.54) is 11.8 Å². The van der Waals surface area contributed by atoms with Gasteiger partial charge in [0.1, 0.15) is 12.3 Å². The fourth-order valence-corrected chi connectivity index (χ4v) is 2.39. The minimum absolute atomic E-state index is 0.0848. The van der Waals surface area contributed by atoms with Crippen LogP contribution in [0.3, 0.4) is 0 Å². The summed E-state index contributed by atoms with van der Waals surface area (Å²) in [5.41, 5.74) is 1.86. The number of esters is 1. The zero-order chi connectivity index (χ0) is 14.3. The van der Waals surface area contributed by atoms with Gasteiger partial charge in [0, 0.05) is 11.3 Å². The van der Waals surface area contributed by atoms with E-state index in [9.17, 15) is 9.59 Å². The Bertz CT molecular complexity index is 425. The molecule has 19 heavy (non-hydrogen) atoms. The highest BCUT2D eigenvalue weighted by Crippen LogP contribution is 2.19. The molecule has 1 aromatic rings. The summed E-state index contributed by atoms with van der Waals surface area (Å²) in [5.74, 6) is 1.10. The highest BCUT2D eigenvalue weighted by atomic mass is 32.2. The van der Waals surface area contributed by atoms with Crippen LogP contribution < -0.4 is 5.32 Å². The monoisotopic (exact) mass is 286 g/mol. The van der Waals surface area contributed by atoms with E-state index in [2.05, 4.69) is 10.5 Å². The molecule has 0 saturated heterocycles. The van der Waals surface area contributed by atoms with Gasteiger partial charge in [-0.2, -0.15) is 0 Å². The van der Waals surface area contributed by atoms with Gasteiger partial charge in [0.05, 0.1) is 18.1 Å². The van der Waals surface area contributed by atoms with Crippen molar-refractivity contribution in [3.63, 3.8) is 0 Å². The molecule has 0 aliphatic carbocycles. The molecule has 1 N–H and O–H groups in total. The van der Waals surface area contributed by atoms with Crippen molar-refractivity contribution in [2.45, 2.75) is 26.5 Å². The Morgan fingerprint density at radius 2 is 2.16 bits per heavy atom. The molecule has 0 bridgehead atoms. The van der Waals surface area contributed by atoms with Gasteiger partial charge in [-0.3, -0.25) is 9.59 Å². The summed E-state index contributed by atoms with van der Waals surface area (Å²) in [4.78, 5) is 22.5. The van der Waals surface area contributed by atoms with Gasteiger partial charge in [0.15, 0.2) is 0 Å². The van der Waals surface area contributed by atoms with E-state index in [4.69, 9.17) is 9.26 Å². The molecular weight excluding hydrogens is 268 g/mol.